The Morgan fingerprint density at radius 3 is 2.55 bits per heavy atom. The van der Waals surface area contributed by atoms with E-state index in [2.05, 4.69) is 4.99 Å². The zero-order valence-corrected chi connectivity index (χ0v) is 16.8. The Balaban J connectivity index is 1.96. The van der Waals surface area contributed by atoms with Crippen LogP contribution in [0.25, 0.3) is 6.08 Å². The lowest BCUT2D eigenvalue weighted by atomic mass is 10.1. The highest BCUT2D eigenvalue weighted by molar-refractivity contribution is 7.89. The van der Waals surface area contributed by atoms with Gasteiger partial charge < -0.3 is 4.74 Å². The topological polar surface area (TPSA) is 99.8 Å². The van der Waals surface area contributed by atoms with Gasteiger partial charge in [0.25, 0.3) is 0 Å². The Kier molecular flexibility index (Phi) is 5.92. The van der Waals surface area contributed by atoms with Crippen molar-refractivity contribution in [3.8, 4) is 6.07 Å². The average Bonchev–Trinajstić information content (AvgIpc) is 3.09. The molecule has 0 saturated carbocycles. The number of sulfonamides is 1. The molecule has 29 heavy (non-hydrogen) atoms. The summed E-state index contributed by atoms with van der Waals surface area (Å²) >= 11 is 0. The molecule has 0 spiro atoms. The fourth-order valence-corrected chi connectivity index (χ4v) is 4.40. The Bertz CT molecular complexity index is 1160. The second-order valence-electron chi connectivity index (χ2n) is 6.19. The highest BCUT2D eigenvalue weighted by atomic mass is 32.2. The minimum atomic E-state index is -3.64. The minimum Gasteiger partial charge on any atom is -0.402 e. The van der Waals surface area contributed by atoms with Gasteiger partial charge in [-0.3, -0.25) is 0 Å². The number of rotatable bonds is 6. The average molecular weight is 409 g/mol. The van der Waals surface area contributed by atoms with Crippen molar-refractivity contribution in [1.29, 1.82) is 5.26 Å². The van der Waals surface area contributed by atoms with Gasteiger partial charge in [-0.25, -0.2) is 18.2 Å². The van der Waals surface area contributed by atoms with E-state index in [0.717, 1.165) is 0 Å². The number of aliphatic imine (C=N–C) groups is 1. The fraction of sp³-hybridized carbons (Fsp3) is 0.190. The molecule has 0 radical (unpaired) electrons. The van der Waals surface area contributed by atoms with Crippen LogP contribution >= 0.6 is 0 Å². The number of nitrogens with zero attached hydrogens (tertiary/aromatic N) is 3. The second kappa shape index (κ2) is 8.39. The summed E-state index contributed by atoms with van der Waals surface area (Å²) in [5, 5.41) is 8.99. The first-order chi connectivity index (χ1) is 13.9. The summed E-state index contributed by atoms with van der Waals surface area (Å²) in [7, 11) is -3.64. The van der Waals surface area contributed by atoms with Crippen LogP contribution in [-0.4, -0.2) is 37.7 Å². The first kappa shape index (κ1) is 20.5. The van der Waals surface area contributed by atoms with Gasteiger partial charge in [0.1, 0.15) is 0 Å². The lowest BCUT2D eigenvalue weighted by Gasteiger charge is -2.18. The number of ether oxygens (including phenoxy) is 1. The molecule has 2 aromatic rings. The third kappa shape index (κ3) is 4.26. The zero-order chi connectivity index (χ0) is 21.0. The normalized spacial score (nSPS) is 15.3. The molecule has 3 rings (SSSR count). The highest BCUT2D eigenvalue weighted by Gasteiger charge is 2.27. The number of esters is 1. The third-order valence-electron chi connectivity index (χ3n) is 4.36. The molecule has 7 nitrogen and oxygen atoms in total. The molecule has 1 aliphatic heterocycles. The van der Waals surface area contributed by atoms with Crippen LogP contribution in [0, 0.1) is 11.3 Å². The predicted molar refractivity (Wildman–Crippen MR) is 108 cm³/mol. The second-order valence-corrected chi connectivity index (χ2v) is 8.13. The van der Waals surface area contributed by atoms with E-state index >= 15 is 0 Å². The zero-order valence-electron chi connectivity index (χ0n) is 16.0. The van der Waals surface area contributed by atoms with Crippen molar-refractivity contribution in [3.05, 3.63) is 70.9 Å². The molecule has 0 fully saturated rings. The molecule has 0 atom stereocenters. The maximum Gasteiger partial charge on any atom is 0.363 e. The summed E-state index contributed by atoms with van der Waals surface area (Å²) in [4.78, 5) is 16.5. The molecule has 8 heteroatoms. The van der Waals surface area contributed by atoms with Crippen LogP contribution in [-0.2, 0) is 19.6 Å². The molecule has 148 valence electrons. The first-order valence-electron chi connectivity index (χ1n) is 9.02. The standard InChI is InChI=1S/C21H19N3O4S/c1-3-24(4-2)29(26,27)18-10-6-9-17(13-18)20-23-19(21(25)28-20)12-15-7-5-8-16(11-15)14-22/h5-13H,3-4H2,1-2H3. The Labute approximate surface area is 169 Å². The maximum atomic E-state index is 12.7. The monoisotopic (exact) mass is 409 g/mol. The molecule has 0 bridgehead atoms. The summed E-state index contributed by atoms with van der Waals surface area (Å²) in [5.41, 5.74) is 1.57. The molecular formula is C21H19N3O4S. The van der Waals surface area contributed by atoms with Gasteiger partial charge in [0.05, 0.1) is 16.5 Å². The number of nitriles is 1. The van der Waals surface area contributed by atoms with Gasteiger partial charge in [-0.2, -0.15) is 9.57 Å². The van der Waals surface area contributed by atoms with E-state index in [1.54, 1.807) is 50.2 Å². The molecule has 0 unspecified atom stereocenters. The molecule has 1 aliphatic rings. The van der Waals surface area contributed by atoms with E-state index in [-0.39, 0.29) is 16.5 Å². The van der Waals surface area contributed by atoms with Crippen molar-refractivity contribution in [2.45, 2.75) is 18.7 Å². The van der Waals surface area contributed by atoms with Crippen molar-refractivity contribution in [2.75, 3.05) is 13.1 Å². The Hall–Kier alpha value is -3.28. The summed E-state index contributed by atoms with van der Waals surface area (Å²) in [5.74, 6) is -0.603. The van der Waals surface area contributed by atoms with E-state index < -0.39 is 16.0 Å². The number of hydrogen-bond acceptors (Lipinski definition) is 6. The molecular weight excluding hydrogens is 390 g/mol. The van der Waals surface area contributed by atoms with Gasteiger partial charge in [0.15, 0.2) is 5.70 Å². The van der Waals surface area contributed by atoms with Crippen molar-refractivity contribution in [2.24, 2.45) is 4.99 Å². The van der Waals surface area contributed by atoms with Crippen LogP contribution in [0.4, 0.5) is 0 Å². The number of carbonyl (C=O) groups excluding carboxylic acids is 1. The Morgan fingerprint density at radius 1 is 1.14 bits per heavy atom. The molecule has 1 heterocycles. The van der Waals surface area contributed by atoms with Gasteiger partial charge in [-0.1, -0.05) is 32.0 Å². The van der Waals surface area contributed by atoms with E-state index in [9.17, 15) is 13.2 Å². The smallest absolute Gasteiger partial charge is 0.363 e. The van der Waals surface area contributed by atoms with Gasteiger partial charge in [0.2, 0.25) is 15.9 Å². The van der Waals surface area contributed by atoms with Crippen molar-refractivity contribution in [3.63, 3.8) is 0 Å². The van der Waals surface area contributed by atoms with Gasteiger partial charge in [-0.05, 0) is 42.0 Å². The number of benzene rings is 2. The molecule has 0 amide bonds. The van der Waals surface area contributed by atoms with Gasteiger partial charge in [0, 0.05) is 18.7 Å². The molecule has 0 aliphatic carbocycles. The van der Waals surface area contributed by atoms with E-state index in [1.165, 1.54) is 22.5 Å². The molecule has 2 aromatic carbocycles. The van der Waals surface area contributed by atoms with Crippen LogP contribution in [0.1, 0.15) is 30.5 Å². The number of cyclic esters (lactones) is 1. The van der Waals surface area contributed by atoms with Crippen LogP contribution in [0.15, 0.2) is 64.1 Å². The minimum absolute atomic E-state index is 0.0364. The number of carbonyl (C=O) groups is 1. The summed E-state index contributed by atoms with van der Waals surface area (Å²) in [6.45, 7) is 4.25. The highest BCUT2D eigenvalue weighted by Crippen LogP contribution is 2.22. The Morgan fingerprint density at radius 2 is 1.86 bits per heavy atom. The molecule has 0 aromatic heterocycles. The third-order valence-corrected chi connectivity index (χ3v) is 6.41. The predicted octanol–water partition coefficient (Wildman–Crippen LogP) is 2.93. The fourth-order valence-electron chi connectivity index (χ4n) is 2.89. The van der Waals surface area contributed by atoms with Crippen LogP contribution in [0.3, 0.4) is 0 Å². The van der Waals surface area contributed by atoms with Crippen LogP contribution < -0.4 is 0 Å². The van der Waals surface area contributed by atoms with Crippen molar-refractivity contribution in [1.82, 2.24) is 4.31 Å². The SMILES string of the molecule is CCN(CC)S(=O)(=O)c1cccc(C2=NC(=Cc3cccc(C#N)c3)C(=O)O2)c1. The first-order valence-corrected chi connectivity index (χ1v) is 10.5. The molecule has 0 N–H and O–H groups in total. The van der Waals surface area contributed by atoms with Gasteiger partial charge in [-0.15, -0.1) is 0 Å². The largest absolute Gasteiger partial charge is 0.402 e. The molecule has 0 saturated heterocycles. The summed E-state index contributed by atoms with van der Waals surface area (Å²) in [6, 6.07) is 14.9. The van der Waals surface area contributed by atoms with E-state index in [0.29, 0.717) is 29.8 Å². The van der Waals surface area contributed by atoms with Crippen molar-refractivity contribution < 1.29 is 17.9 Å². The van der Waals surface area contributed by atoms with E-state index in [1.807, 2.05) is 6.07 Å². The quantitative estimate of drug-likeness (QED) is 0.539. The maximum absolute atomic E-state index is 12.7. The van der Waals surface area contributed by atoms with Crippen molar-refractivity contribution >= 4 is 28.0 Å². The summed E-state index contributed by atoms with van der Waals surface area (Å²) < 4.78 is 32.1. The van der Waals surface area contributed by atoms with Crippen LogP contribution in [0.5, 0.6) is 0 Å². The lowest BCUT2D eigenvalue weighted by molar-refractivity contribution is -0.129. The number of hydrogen-bond donors (Lipinski definition) is 0. The van der Waals surface area contributed by atoms with Gasteiger partial charge >= 0.3 is 5.97 Å². The van der Waals surface area contributed by atoms with Crippen LogP contribution in [0.2, 0.25) is 0 Å². The summed E-state index contributed by atoms with van der Waals surface area (Å²) in [6.07, 6.45) is 1.52. The van der Waals surface area contributed by atoms with E-state index in [4.69, 9.17) is 10.00 Å². The lowest BCUT2D eigenvalue weighted by Crippen LogP contribution is -2.30.